The van der Waals surface area contributed by atoms with Gasteiger partial charge in [-0.05, 0) is 47.9 Å². The standard InChI is InChI=1S/C59H72N8O19/c1-36(2)51(72)62-55-61-50-47(53(74)63-55)60-35-67(50)54-48(83-39(5)70)49(84-40(6)71)58(86-54,34-81-38(4)69)33-80-27-26-79-25-24-78-23-22-65-29-46(66-28-37(3)52(73)64-56(66)75)85-57(30-65,31-68)32-82-59(41-12-10-9-11-13-41,42-14-18-44(76-7)19-15-42)43-16-20-45(77-8)21-17-43/h9-21,28,35-36,46,48-49,54,68H,22-27,29-34H2,1-8H3,(H,64,73,75)(H2,61,62,63,72,74)/t46-,48-,49+,54-,57-,58-/m1/s1. The smallest absolute Gasteiger partial charge is 0.330 e. The van der Waals surface area contributed by atoms with Crippen molar-refractivity contribution in [3.05, 3.63) is 145 Å². The van der Waals surface area contributed by atoms with Crippen LogP contribution in [0.5, 0.6) is 11.5 Å². The van der Waals surface area contributed by atoms with Crippen molar-refractivity contribution in [1.82, 2.24) is 34.0 Å². The third-order valence-electron chi connectivity index (χ3n) is 14.5. The first kappa shape index (κ1) is 63.9. The Morgan fingerprint density at radius 2 is 1.37 bits per heavy atom. The van der Waals surface area contributed by atoms with Crippen LogP contribution in [-0.4, -0.2) is 180 Å². The monoisotopic (exact) mass is 1200 g/mol. The lowest BCUT2D eigenvalue weighted by molar-refractivity contribution is -0.231. The molecule has 0 aliphatic carbocycles. The zero-order valence-electron chi connectivity index (χ0n) is 49.1. The van der Waals surface area contributed by atoms with Crippen molar-refractivity contribution < 1.29 is 76.4 Å². The minimum absolute atomic E-state index is 0.0147. The normalized spacial score (nSPS) is 20.6. The van der Waals surface area contributed by atoms with Crippen molar-refractivity contribution in [3.63, 3.8) is 0 Å². The Balaban J connectivity index is 0.945. The number of carbonyl (C=O) groups excluding carboxylic acids is 4. The molecular weight excluding hydrogens is 1120 g/mol. The Labute approximate surface area is 493 Å². The maximum absolute atomic E-state index is 13.5. The average Bonchev–Trinajstić information content (AvgIpc) is 1.54. The van der Waals surface area contributed by atoms with Crippen LogP contribution in [-0.2, 0) is 67.4 Å². The minimum Gasteiger partial charge on any atom is -0.497 e. The van der Waals surface area contributed by atoms with Crippen molar-refractivity contribution >= 4 is 40.9 Å². The minimum atomic E-state index is -1.83. The number of carbonyl (C=O) groups is 4. The van der Waals surface area contributed by atoms with Gasteiger partial charge in [-0.25, -0.2) is 9.78 Å². The lowest BCUT2D eigenvalue weighted by Gasteiger charge is -2.47. The predicted molar refractivity (Wildman–Crippen MR) is 305 cm³/mol. The summed E-state index contributed by atoms with van der Waals surface area (Å²) >= 11 is 0. The number of anilines is 1. The SMILES string of the molecule is COc1ccc(C(OC[C@]2(CO)CN(CCOCCOCCOC[C@]3(COC(C)=O)O[C@@H](n4cnc5c(=O)[nH]c(NC(=O)C(C)C)nc54)[C@H](OC(C)=O)[C@@H]3OC(C)=O)C[C@H](n3cc(C)c(=O)[nH]c3=O)O2)(c2ccccc2)c2ccc(OC)cc2)cc1. The summed E-state index contributed by atoms with van der Waals surface area (Å²) in [5, 5.41) is 14.0. The van der Waals surface area contributed by atoms with E-state index in [9.17, 15) is 38.7 Å². The van der Waals surface area contributed by atoms with Crippen molar-refractivity contribution in [3.8, 4) is 11.5 Å². The number of amides is 1. The molecule has 2 fully saturated rings. The van der Waals surface area contributed by atoms with Crippen LogP contribution in [0.15, 0.2) is 106 Å². The highest BCUT2D eigenvalue weighted by atomic mass is 16.7. The topological polar surface area (TPSA) is 324 Å². The number of ether oxygens (including phenoxy) is 11. The van der Waals surface area contributed by atoms with E-state index in [4.69, 9.17) is 52.1 Å². The van der Waals surface area contributed by atoms with Gasteiger partial charge in [-0.1, -0.05) is 68.4 Å². The van der Waals surface area contributed by atoms with Gasteiger partial charge in [0.15, 0.2) is 41.4 Å². The summed E-state index contributed by atoms with van der Waals surface area (Å²) in [7, 11) is 3.16. The Hall–Kier alpha value is -8.15. The van der Waals surface area contributed by atoms with E-state index in [-0.39, 0.29) is 75.4 Å². The Morgan fingerprint density at radius 1 is 0.756 bits per heavy atom. The zero-order valence-corrected chi connectivity index (χ0v) is 49.1. The van der Waals surface area contributed by atoms with E-state index in [2.05, 4.69) is 25.3 Å². The third kappa shape index (κ3) is 14.7. The molecule has 6 aromatic rings. The maximum Gasteiger partial charge on any atom is 0.330 e. The van der Waals surface area contributed by atoms with Crippen LogP contribution in [0.4, 0.5) is 5.95 Å². The van der Waals surface area contributed by atoms with Gasteiger partial charge in [-0.15, -0.1) is 0 Å². The first-order valence-electron chi connectivity index (χ1n) is 27.7. The van der Waals surface area contributed by atoms with Crippen molar-refractivity contribution in [2.24, 2.45) is 5.92 Å². The van der Waals surface area contributed by atoms with Gasteiger partial charge < -0.3 is 57.2 Å². The number of aliphatic hydroxyl groups excluding tert-OH is 1. The van der Waals surface area contributed by atoms with Crippen molar-refractivity contribution in [2.45, 2.75) is 83.0 Å². The average molecular weight is 1200 g/mol. The number of hydrogen-bond donors (Lipinski definition) is 4. The second kappa shape index (κ2) is 28.4. The van der Waals surface area contributed by atoms with E-state index in [1.165, 1.54) is 21.7 Å². The van der Waals surface area contributed by atoms with Crippen molar-refractivity contribution in [1.29, 1.82) is 0 Å². The van der Waals surface area contributed by atoms with Crippen LogP contribution >= 0.6 is 0 Å². The molecule has 27 nitrogen and oxygen atoms in total. The van der Waals surface area contributed by atoms with Gasteiger partial charge in [0.1, 0.15) is 29.3 Å². The number of imidazole rings is 1. The summed E-state index contributed by atoms with van der Waals surface area (Å²) in [5.74, 6) is -2.16. The lowest BCUT2D eigenvalue weighted by Crippen LogP contribution is -2.60. The number of nitrogens with one attached hydrogen (secondary N) is 3. The number of aromatic nitrogens is 6. The molecule has 86 heavy (non-hydrogen) atoms. The number of fused-ring (bicyclic) bond motifs is 1. The number of H-pyrrole nitrogens is 2. The molecule has 0 unspecified atom stereocenters. The molecule has 5 heterocycles. The predicted octanol–water partition coefficient (Wildman–Crippen LogP) is 2.90. The molecule has 0 radical (unpaired) electrons. The highest BCUT2D eigenvalue weighted by Gasteiger charge is 2.61. The fourth-order valence-electron chi connectivity index (χ4n) is 10.2. The maximum atomic E-state index is 13.5. The van der Waals surface area contributed by atoms with Crippen LogP contribution in [0.3, 0.4) is 0 Å². The zero-order chi connectivity index (χ0) is 61.8. The molecule has 0 bridgehead atoms. The number of rotatable bonds is 28. The van der Waals surface area contributed by atoms with Crippen LogP contribution in [0.2, 0.25) is 0 Å². The second-order valence-corrected chi connectivity index (χ2v) is 21.0. The van der Waals surface area contributed by atoms with Crippen molar-refractivity contribution in [2.75, 3.05) is 98.6 Å². The Kier molecular flexibility index (Phi) is 21.1. The molecule has 462 valence electrons. The van der Waals surface area contributed by atoms with E-state index in [1.807, 2.05) is 83.8 Å². The lowest BCUT2D eigenvalue weighted by atomic mass is 9.79. The van der Waals surface area contributed by atoms with Crippen LogP contribution < -0.4 is 31.6 Å². The van der Waals surface area contributed by atoms with Gasteiger partial charge in [0.05, 0.1) is 73.4 Å². The number of hydrogen-bond acceptors (Lipinski definition) is 22. The molecular formula is C59H72N8O19. The van der Waals surface area contributed by atoms with Gasteiger partial charge in [-0.3, -0.25) is 58.1 Å². The highest BCUT2D eigenvalue weighted by molar-refractivity contribution is 5.91. The van der Waals surface area contributed by atoms with Gasteiger partial charge in [0.2, 0.25) is 11.9 Å². The summed E-state index contributed by atoms with van der Waals surface area (Å²) in [6.45, 7) is 7.51. The van der Waals surface area contributed by atoms with Gasteiger partial charge in [-0.2, -0.15) is 4.98 Å². The van der Waals surface area contributed by atoms with Crippen LogP contribution in [0.25, 0.3) is 11.2 Å². The number of nitrogens with zero attached hydrogens (tertiary/aromatic N) is 5. The molecule has 1 amide bonds. The molecule has 8 rings (SSSR count). The summed E-state index contributed by atoms with van der Waals surface area (Å²) < 4.78 is 69.1. The number of aromatic amines is 2. The summed E-state index contributed by atoms with van der Waals surface area (Å²) in [5.41, 5.74) is -4.26. The number of methoxy groups -OCH3 is 2. The number of aryl methyl sites for hydroxylation is 1. The first-order valence-corrected chi connectivity index (χ1v) is 27.7. The summed E-state index contributed by atoms with van der Waals surface area (Å²) in [6.07, 6.45) is -2.71. The van der Waals surface area contributed by atoms with E-state index in [0.717, 1.165) is 37.5 Å². The molecule has 6 atom stereocenters. The molecule has 2 saturated heterocycles. The van der Waals surface area contributed by atoms with Gasteiger partial charge >= 0.3 is 23.6 Å². The molecule has 27 heteroatoms. The van der Waals surface area contributed by atoms with E-state index in [1.54, 1.807) is 35.0 Å². The Bertz CT molecular complexity index is 3430. The fraction of sp³-hybridized carbons (Fsp3) is 0.475. The number of aliphatic hydroxyl groups is 1. The second-order valence-electron chi connectivity index (χ2n) is 21.0. The van der Waals surface area contributed by atoms with E-state index >= 15 is 0 Å². The largest absolute Gasteiger partial charge is 0.497 e. The van der Waals surface area contributed by atoms with Gasteiger partial charge in [0, 0.05) is 58.1 Å². The number of morpholine rings is 1. The molecule has 2 aliphatic rings. The number of benzene rings is 3. The molecule has 3 aromatic heterocycles. The van der Waals surface area contributed by atoms with E-state index < -0.39 is 108 Å². The molecule has 4 N–H and O–H groups in total. The Morgan fingerprint density at radius 3 is 1.97 bits per heavy atom. The van der Waals surface area contributed by atoms with E-state index in [0.29, 0.717) is 18.0 Å². The third-order valence-corrected chi connectivity index (χ3v) is 14.5. The first-order chi connectivity index (χ1) is 41.2. The fourth-order valence-corrected chi connectivity index (χ4v) is 10.2. The summed E-state index contributed by atoms with van der Waals surface area (Å²) in [6, 6.07) is 24.6. The quantitative estimate of drug-likeness (QED) is 0.0237. The summed E-state index contributed by atoms with van der Waals surface area (Å²) in [4.78, 5) is 105. The molecule has 3 aromatic carbocycles. The molecule has 0 saturated carbocycles. The molecule has 2 aliphatic heterocycles. The van der Waals surface area contributed by atoms with Gasteiger partial charge in [0.25, 0.3) is 11.1 Å². The number of esters is 3. The highest BCUT2D eigenvalue weighted by Crippen LogP contribution is 2.45. The van der Waals surface area contributed by atoms with Crippen LogP contribution in [0, 0.1) is 12.8 Å². The molecule has 0 spiro atoms. The van der Waals surface area contributed by atoms with Crippen LogP contribution in [0.1, 0.15) is 69.3 Å².